The number of aromatic nitrogens is 3. The van der Waals surface area contributed by atoms with Crippen molar-refractivity contribution in [3.8, 4) is 0 Å². The third kappa shape index (κ3) is 3.05. The van der Waals surface area contributed by atoms with Crippen LogP contribution in [0, 0.1) is 6.08 Å². The zero-order chi connectivity index (χ0) is 14.0. The molecule has 19 heavy (non-hydrogen) atoms. The third-order valence-corrected chi connectivity index (χ3v) is 3.14. The Balaban J connectivity index is 2.35. The number of nitrogens with zero attached hydrogens (tertiary/aromatic N) is 3. The number of benzene rings is 1. The van der Waals surface area contributed by atoms with Crippen LogP contribution < -0.4 is 0 Å². The number of rotatable bonds is 4. The highest BCUT2D eigenvalue weighted by atomic mass is 35.5. The largest absolute Gasteiger partial charge is 0.368 e. The lowest BCUT2D eigenvalue weighted by Gasteiger charge is -2.12. The highest BCUT2D eigenvalue weighted by Gasteiger charge is 2.20. The van der Waals surface area contributed by atoms with Crippen molar-refractivity contribution < 1.29 is 9.50 Å². The smallest absolute Gasteiger partial charge is 0.310 e. The normalized spacial score (nSPS) is 12.7. The third-order valence-electron chi connectivity index (χ3n) is 2.58. The highest BCUT2D eigenvalue weighted by molar-refractivity contribution is 6.35. The summed E-state index contributed by atoms with van der Waals surface area (Å²) in [4.78, 5) is 3.65. The van der Waals surface area contributed by atoms with Crippen molar-refractivity contribution in [3.05, 3.63) is 45.7 Å². The molecule has 1 atom stereocenters. The summed E-state index contributed by atoms with van der Waals surface area (Å²) in [5.41, 5.74) is 0.318. The molecular formula is C12H12Cl2FN3O. The minimum Gasteiger partial charge on any atom is -0.368 e. The van der Waals surface area contributed by atoms with E-state index in [-0.39, 0.29) is 5.02 Å². The predicted molar refractivity (Wildman–Crippen MR) is 70.8 cm³/mol. The van der Waals surface area contributed by atoms with E-state index in [4.69, 9.17) is 23.2 Å². The van der Waals surface area contributed by atoms with Gasteiger partial charge in [-0.1, -0.05) is 36.2 Å². The van der Waals surface area contributed by atoms with Crippen molar-refractivity contribution in [1.82, 2.24) is 14.8 Å². The summed E-state index contributed by atoms with van der Waals surface area (Å²) < 4.78 is 14.4. The van der Waals surface area contributed by atoms with Crippen LogP contribution in [-0.4, -0.2) is 19.9 Å². The standard InChI is InChI=1S/C12H12Cl2FN3O/c1-2-3-10-16-12(15)18(17-10)11(19)8-5-4-7(13)6-9(8)14/h4-6,11,19H,2-3H2,1H3. The van der Waals surface area contributed by atoms with Gasteiger partial charge in [0.1, 0.15) is 0 Å². The van der Waals surface area contributed by atoms with Crippen LogP contribution in [0.25, 0.3) is 0 Å². The quantitative estimate of drug-likeness (QED) is 0.943. The molecule has 2 rings (SSSR count). The fourth-order valence-electron chi connectivity index (χ4n) is 1.67. The zero-order valence-corrected chi connectivity index (χ0v) is 11.7. The van der Waals surface area contributed by atoms with E-state index in [1.54, 1.807) is 6.07 Å². The molecule has 1 aromatic heterocycles. The van der Waals surface area contributed by atoms with Crippen LogP contribution in [-0.2, 0) is 6.42 Å². The van der Waals surface area contributed by atoms with Gasteiger partial charge < -0.3 is 5.11 Å². The summed E-state index contributed by atoms with van der Waals surface area (Å²) in [5.74, 6) is 0.351. The van der Waals surface area contributed by atoms with Gasteiger partial charge in [-0.2, -0.15) is 19.2 Å². The lowest BCUT2D eigenvalue weighted by atomic mass is 10.2. The second-order valence-corrected chi connectivity index (χ2v) is 4.87. The van der Waals surface area contributed by atoms with E-state index in [2.05, 4.69) is 10.1 Å². The van der Waals surface area contributed by atoms with Crippen molar-refractivity contribution in [2.75, 3.05) is 0 Å². The van der Waals surface area contributed by atoms with Crippen LogP contribution in [0.5, 0.6) is 0 Å². The fourth-order valence-corrected chi connectivity index (χ4v) is 2.18. The molecule has 0 spiro atoms. The van der Waals surface area contributed by atoms with Gasteiger partial charge in [-0.15, -0.1) is 0 Å². The van der Waals surface area contributed by atoms with E-state index in [0.717, 1.165) is 11.1 Å². The molecule has 4 nitrogen and oxygen atoms in total. The van der Waals surface area contributed by atoms with E-state index in [1.807, 2.05) is 6.92 Å². The second kappa shape index (κ2) is 5.86. The van der Waals surface area contributed by atoms with Crippen molar-refractivity contribution in [2.45, 2.75) is 26.0 Å². The number of aryl methyl sites for hydroxylation is 1. The maximum atomic E-state index is 13.6. The first-order chi connectivity index (χ1) is 9.02. The van der Waals surface area contributed by atoms with E-state index in [0.29, 0.717) is 22.8 Å². The number of aliphatic hydroxyl groups is 1. The summed E-state index contributed by atoms with van der Waals surface area (Å²) in [6, 6.07) is 4.56. The summed E-state index contributed by atoms with van der Waals surface area (Å²) in [6.45, 7) is 1.94. The molecule has 0 amide bonds. The molecule has 0 aliphatic heterocycles. The Labute approximate surface area is 119 Å². The molecule has 0 radical (unpaired) electrons. The molecule has 7 heteroatoms. The summed E-state index contributed by atoms with van der Waals surface area (Å²) in [6.07, 6.45) is -0.837. The van der Waals surface area contributed by atoms with Gasteiger partial charge in [0.15, 0.2) is 12.1 Å². The van der Waals surface area contributed by atoms with E-state index in [1.165, 1.54) is 12.1 Å². The summed E-state index contributed by atoms with van der Waals surface area (Å²) in [7, 11) is 0. The Morgan fingerprint density at radius 1 is 1.42 bits per heavy atom. The maximum Gasteiger partial charge on any atom is 0.310 e. The average molecular weight is 304 g/mol. The van der Waals surface area contributed by atoms with Gasteiger partial charge in [0, 0.05) is 22.0 Å². The van der Waals surface area contributed by atoms with Gasteiger partial charge >= 0.3 is 6.08 Å². The Morgan fingerprint density at radius 3 is 2.79 bits per heavy atom. The molecule has 1 unspecified atom stereocenters. The molecule has 1 heterocycles. The van der Waals surface area contributed by atoms with Crippen LogP contribution in [0.4, 0.5) is 4.39 Å². The molecule has 0 bridgehead atoms. The first-order valence-electron chi connectivity index (χ1n) is 5.77. The minimum atomic E-state index is -1.33. The fraction of sp³-hybridized carbons (Fsp3) is 0.333. The molecule has 0 aliphatic rings. The average Bonchev–Trinajstić information content (AvgIpc) is 2.70. The Hall–Kier alpha value is -1.17. The van der Waals surface area contributed by atoms with Gasteiger partial charge in [0.25, 0.3) is 0 Å². The monoisotopic (exact) mass is 303 g/mol. The summed E-state index contributed by atoms with van der Waals surface area (Å²) >= 11 is 11.7. The summed E-state index contributed by atoms with van der Waals surface area (Å²) in [5, 5.41) is 14.7. The number of hydrogen-bond acceptors (Lipinski definition) is 3. The topological polar surface area (TPSA) is 50.9 Å². The Kier molecular flexibility index (Phi) is 4.39. The molecule has 0 fully saturated rings. The van der Waals surface area contributed by atoms with E-state index < -0.39 is 12.3 Å². The van der Waals surface area contributed by atoms with Crippen molar-refractivity contribution in [3.63, 3.8) is 0 Å². The molecule has 1 N–H and O–H groups in total. The first kappa shape index (κ1) is 14.2. The maximum absolute atomic E-state index is 13.6. The van der Waals surface area contributed by atoms with Gasteiger partial charge in [0.05, 0.1) is 0 Å². The van der Waals surface area contributed by atoms with Gasteiger partial charge in [-0.05, 0) is 18.6 Å². The zero-order valence-electron chi connectivity index (χ0n) is 10.1. The van der Waals surface area contributed by atoms with Crippen LogP contribution >= 0.6 is 23.2 Å². The first-order valence-corrected chi connectivity index (χ1v) is 6.52. The van der Waals surface area contributed by atoms with Gasteiger partial charge in [-0.3, -0.25) is 0 Å². The van der Waals surface area contributed by atoms with Crippen molar-refractivity contribution >= 4 is 23.2 Å². The van der Waals surface area contributed by atoms with Crippen LogP contribution in [0.3, 0.4) is 0 Å². The van der Waals surface area contributed by atoms with Gasteiger partial charge in [0.2, 0.25) is 0 Å². The van der Waals surface area contributed by atoms with E-state index in [9.17, 15) is 9.50 Å². The van der Waals surface area contributed by atoms with Crippen LogP contribution in [0.2, 0.25) is 10.0 Å². The molecule has 102 valence electrons. The SMILES string of the molecule is CCCc1nc(F)n(C(O)c2ccc(Cl)cc2Cl)n1. The van der Waals surface area contributed by atoms with Crippen LogP contribution in [0.1, 0.15) is 31.0 Å². The van der Waals surface area contributed by atoms with Crippen molar-refractivity contribution in [1.29, 1.82) is 0 Å². The molecular weight excluding hydrogens is 292 g/mol. The number of aliphatic hydroxyl groups excluding tert-OH is 1. The number of hydrogen-bond donors (Lipinski definition) is 1. The Bertz CT molecular complexity index is 588. The Morgan fingerprint density at radius 2 is 2.16 bits per heavy atom. The van der Waals surface area contributed by atoms with E-state index >= 15 is 0 Å². The lowest BCUT2D eigenvalue weighted by Crippen LogP contribution is -2.14. The molecule has 1 aromatic carbocycles. The number of halogens is 3. The predicted octanol–water partition coefficient (Wildman–Crippen LogP) is 3.22. The lowest BCUT2D eigenvalue weighted by molar-refractivity contribution is 0.115. The second-order valence-electron chi connectivity index (χ2n) is 4.03. The molecule has 2 aromatic rings. The molecule has 0 saturated heterocycles. The van der Waals surface area contributed by atoms with Gasteiger partial charge in [-0.25, -0.2) is 0 Å². The van der Waals surface area contributed by atoms with Crippen molar-refractivity contribution in [2.24, 2.45) is 0 Å². The minimum absolute atomic E-state index is 0.243. The van der Waals surface area contributed by atoms with Crippen LogP contribution in [0.15, 0.2) is 18.2 Å². The molecule has 0 aliphatic carbocycles. The molecule has 0 saturated carbocycles. The highest BCUT2D eigenvalue weighted by Crippen LogP contribution is 2.27.